The first-order valence-electron chi connectivity index (χ1n) is 6.64. The van der Waals surface area contributed by atoms with E-state index in [1.807, 2.05) is 40.5 Å². The number of H-pyrrole nitrogens is 1. The summed E-state index contributed by atoms with van der Waals surface area (Å²) in [5.74, 6) is 0.854. The van der Waals surface area contributed by atoms with Gasteiger partial charge in [0.2, 0.25) is 0 Å². The Kier molecular flexibility index (Phi) is 2.78. The number of aromatic amines is 1. The number of nitrogens with zero attached hydrogens (tertiary/aromatic N) is 5. The van der Waals surface area contributed by atoms with Crippen LogP contribution in [0.1, 0.15) is 6.92 Å². The standard InChI is InChI=1S/C14H12N6S/c1-2-20-14-11(7-15-20)16-13(17-14)10-5-3-9(4-6-10)12-8-21-19-18-12/h3-8H,2H2,1H3,(H,16,17). The highest BCUT2D eigenvalue weighted by atomic mass is 32.1. The van der Waals surface area contributed by atoms with E-state index in [-0.39, 0.29) is 0 Å². The summed E-state index contributed by atoms with van der Waals surface area (Å²) in [4.78, 5) is 7.93. The molecule has 3 aromatic heterocycles. The van der Waals surface area contributed by atoms with Gasteiger partial charge < -0.3 is 4.98 Å². The van der Waals surface area contributed by atoms with E-state index in [0.717, 1.165) is 40.4 Å². The van der Waals surface area contributed by atoms with Crippen molar-refractivity contribution in [2.45, 2.75) is 13.5 Å². The highest BCUT2D eigenvalue weighted by molar-refractivity contribution is 7.03. The maximum absolute atomic E-state index is 4.63. The average molecular weight is 296 g/mol. The normalized spacial score (nSPS) is 11.3. The van der Waals surface area contributed by atoms with Crippen LogP contribution in [-0.2, 0) is 6.54 Å². The molecule has 0 aliphatic carbocycles. The van der Waals surface area contributed by atoms with Crippen LogP contribution in [0.2, 0.25) is 0 Å². The van der Waals surface area contributed by atoms with E-state index in [2.05, 4.69) is 31.6 Å². The van der Waals surface area contributed by atoms with E-state index in [1.54, 1.807) is 0 Å². The van der Waals surface area contributed by atoms with Crippen molar-refractivity contribution in [3.63, 3.8) is 0 Å². The lowest BCUT2D eigenvalue weighted by Crippen LogP contribution is -1.96. The molecule has 0 saturated carbocycles. The number of rotatable bonds is 3. The molecule has 0 bridgehead atoms. The number of nitrogens with one attached hydrogen (secondary N) is 1. The Morgan fingerprint density at radius 3 is 2.71 bits per heavy atom. The van der Waals surface area contributed by atoms with E-state index in [9.17, 15) is 0 Å². The summed E-state index contributed by atoms with van der Waals surface area (Å²) in [5, 5.41) is 10.3. The molecular weight excluding hydrogens is 284 g/mol. The fourth-order valence-corrected chi connectivity index (χ4v) is 2.77. The van der Waals surface area contributed by atoms with E-state index >= 15 is 0 Å². The van der Waals surface area contributed by atoms with Crippen LogP contribution in [0.4, 0.5) is 0 Å². The zero-order chi connectivity index (χ0) is 14.2. The quantitative estimate of drug-likeness (QED) is 0.631. The summed E-state index contributed by atoms with van der Waals surface area (Å²) < 4.78 is 5.76. The molecule has 0 amide bonds. The second kappa shape index (κ2) is 4.78. The van der Waals surface area contributed by atoms with Crippen LogP contribution in [-0.4, -0.2) is 29.3 Å². The maximum atomic E-state index is 4.63. The van der Waals surface area contributed by atoms with Crippen LogP contribution in [0.15, 0.2) is 35.8 Å². The summed E-state index contributed by atoms with van der Waals surface area (Å²) in [6.07, 6.45) is 1.81. The monoisotopic (exact) mass is 296 g/mol. The highest BCUT2D eigenvalue weighted by Crippen LogP contribution is 2.24. The summed E-state index contributed by atoms with van der Waals surface area (Å²) >= 11 is 1.35. The molecule has 0 spiro atoms. The second-order valence-corrected chi connectivity index (χ2v) is 5.26. The Morgan fingerprint density at radius 2 is 2.00 bits per heavy atom. The van der Waals surface area contributed by atoms with Crippen LogP contribution in [0.3, 0.4) is 0 Å². The molecule has 0 radical (unpaired) electrons. The number of imidazole rings is 1. The topological polar surface area (TPSA) is 72.3 Å². The summed E-state index contributed by atoms with van der Waals surface area (Å²) in [7, 11) is 0. The van der Waals surface area contributed by atoms with Gasteiger partial charge in [0.05, 0.1) is 6.20 Å². The largest absolute Gasteiger partial charge is 0.335 e. The van der Waals surface area contributed by atoms with Crippen molar-refractivity contribution in [1.29, 1.82) is 0 Å². The molecule has 3 heterocycles. The van der Waals surface area contributed by atoms with Gasteiger partial charge in [-0.15, -0.1) is 5.10 Å². The molecule has 1 aromatic carbocycles. The molecule has 1 N–H and O–H groups in total. The minimum Gasteiger partial charge on any atom is -0.335 e. The number of aromatic nitrogens is 6. The summed E-state index contributed by atoms with van der Waals surface area (Å²) in [6, 6.07) is 8.14. The molecule has 104 valence electrons. The number of benzene rings is 1. The predicted molar refractivity (Wildman–Crippen MR) is 81.9 cm³/mol. The van der Waals surface area contributed by atoms with Crippen LogP contribution < -0.4 is 0 Å². The van der Waals surface area contributed by atoms with Crippen LogP contribution >= 0.6 is 11.5 Å². The number of aryl methyl sites for hydroxylation is 1. The molecule has 21 heavy (non-hydrogen) atoms. The molecule has 7 heteroatoms. The van der Waals surface area contributed by atoms with Crippen molar-refractivity contribution in [3.8, 4) is 22.6 Å². The molecule has 4 aromatic rings. The van der Waals surface area contributed by atoms with Crippen LogP contribution in [0.5, 0.6) is 0 Å². The first kappa shape index (κ1) is 12.2. The third-order valence-corrected chi connectivity index (χ3v) is 3.90. The lowest BCUT2D eigenvalue weighted by molar-refractivity contribution is 0.677. The van der Waals surface area contributed by atoms with Gasteiger partial charge >= 0.3 is 0 Å². The van der Waals surface area contributed by atoms with Gasteiger partial charge in [0.25, 0.3) is 0 Å². The number of fused-ring (bicyclic) bond motifs is 1. The van der Waals surface area contributed by atoms with E-state index in [1.165, 1.54) is 11.5 Å². The zero-order valence-electron chi connectivity index (χ0n) is 11.3. The molecule has 0 atom stereocenters. The molecule has 0 fully saturated rings. The molecule has 4 rings (SSSR count). The minimum absolute atomic E-state index is 0.809. The second-order valence-electron chi connectivity index (χ2n) is 4.65. The molecule has 0 aliphatic heterocycles. The Labute approximate surface area is 124 Å². The van der Waals surface area contributed by atoms with E-state index < -0.39 is 0 Å². The predicted octanol–water partition coefficient (Wildman–Crippen LogP) is 2.96. The SMILES string of the molecule is CCn1ncc2[nH]c(-c3ccc(-c4csnn4)cc3)nc21. The van der Waals surface area contributed by atoms with Crippen molar-refractivity contribution in [2.75, 3.05) is 0 Å². The van der Waals surface area contributed by atoms with Gasteiger partial charge in [0, 0.05) is 23.1 Å². The van der Waals surface area contributed by atoms with Crippen molar-refractivity contribution in [2.24, 2.45) is 0 Å². The summed E-state index contributed by atoms with van der Waals surface area (Å²) in [5.41, 5.74) is 4.85. The molecule has 0 unspecified atom stereocenters. The first-order chi connectivity index (χ1) is 10.3. The van der Waals surface area contributed by atoms with Gasteiger partial charge in [-0.2, -0.15) is 5.10 Å². The zero-order valence-corrected chi connectivity index (χ0v) is 12.1. The van der Waals surface area contributed by atoms with Crippen molar-refractivity contribution >= 4 is 22.7 Å². The highest BCUT2D eigenvalue weighted by Gasteiger charge is 2.10. The maximum Gasteiger partial charge on any atom is 0.176 e. The molecule has 0 aliphatic rings. The lowest BCUT2D eigenvalue weighted by Gasteiger charge is -1.99. The minimum atomic E-state index is 0.809. The van der Waals surface area contributed by atoms with Crippen molar-refractivity contribution in [3.05, 3.63) is 35.8 Å². The fourth-order valence-electron chi connectivity index (χ4n) is 2.30. The van der Waals surface area contributed by atoms with Crippen molar-refractivity contribution in [1.82, 2.24) is 29.3 Å². The van der Waals surface area contributed by atoms with Crippen LogP contribution in [0.25, 0.3) is 33.8 Å². The number of hydrogen-bond acceptors (Lipinski definition) is 5. The van der Waals surface area contributed by atoms with Gasteiger partial charge in [0.15, 0.2) is 5.65 Å². The number of hydrogen-bond donors (Lipinski definition) is 1. The Balaban J connectivity index is 1.73. The first-order valence-corrected chi connectivity index (χ1v) is 7.48. The molecular formula is C14H12N6S. The van der Waals surface area contributed by atoms with Gasteiger partial charge in [-0.05, 0) is 18.5 Å². The Bertz CT molecular complexity index is 872. The van der Waals surface area contributed by atoms with E-state index in [4.69, 9.17) is 0 Å². The lowest BCUT2D eigenvalue weighted by atomic mass is 10.1. The molecule has 0 saturated heterocycles. The average Bonchev–Trinajstić information content (AvgIpc) is 3.24. The van der Waals surface area contributed by atoms with Gasteiger partial charge in [-0.1, -0.05) is 28.8 Å². The fraction of sp³-hybridized carbons (Fsp3) is 0.143. The van der Waals surface area contributed by atoms with Crippen LogP contribution in [0, 0.1) is 0 Å². The Hall–Kier alpha value is -2.54. The van der Waals surface area contributed by atoms with Crippen molar-refractivity contribution < 1.29 is 0 Å². The Morgan fingerprint density at radius 1 is 1.19 bits per heavy atom. The third kappa shape index (κ3) is 2.02. The summed E-state index contributed by atoms with van der Waals surface area (Å²) in [6.45, 7) is 2.86. The van der Waals surface area contributed by atoms with Gasteiger partial charge in [-0.25, -0.2) is 9.67 Å². The van der Waals surface area contributed by atoms with Gasteiger partial charge in [-0.3, -0.25) is 0 Å². The van der Waals surface area contributed by atoms with Gasteiger partial charge in [0.1, 0.15) is 17.0 Å². The smallest absolute Gasteiger partial charge is 0.176 e. The molecule has 6 nitrogen and oxygen atoms in total. The third-order valence-electron chi connectivity index (χ3n) is 3.40. The van der Waals surface area contributed by atoms with E-state index in [0.29, 0.717) is 0 Å².